The van der Waals surface area contributed by atoms with Crippen molar-refractivity contribution >= 4 is 22.6 Å². The summed E-state index contributed by atoms with van der Waals surface area (Å²) in [4.78, 5) is 12.6. The summed E-state index contributed by atoms with van der Waals surface area (Å²) in [5.74, 6) is 0.271. The van der Waals surface area contributed by atoms with E-state index in [9.17, 15) is 10.1 Å². The van der Waals surface area contributed by atoms with Crippen LogP contribution in [-0.4, -0.2) is 12.9 Å². The molecule has 0 fully saturated rings. The van der Waals surface area contributed by atoms with Gasteiger partial charge >= 0.3 is 0 Å². The number of hydrogen-bond acceptors (Lipinski definition) is 3. The van der Waals surface area contributed by atoms with Crippen molar-refractivity contribution in [2.75, 3.05) is 7.11 Å². The fourth-order valence-electron chi connectivity index (χ4n) is 2.60. The molecule has 0 N–H and O–H groups in total. The summed E-state index contributed by atoms with van der Waals surface area (Å²) in [6.45, 7) is 0. The molecule has 0 radical (unpaired) electrons. The minimum Gasteiger partial charge on any atom is -0.497 e. The Bertz CT molecular complexity index is 975. The highest BCUT2D eigenvalue weighted by Crippen LogP contribution is 2.22. The SMILES string of the molecule is COc1cccc(C(=O)/C(C#N)=C/c2cccc3ccccc23)c1. The Morgan fingerprint density at radius 1 is 1.04 bits per heavy atom. The molecule has 3 rings (SSSR count). The Kier molecular flexibility index (Phi) is 4.40. The number of fused-ring (bicyclic) bond motifs is 1. The van der Waals surface area contributed by atoms with Crippen molar-refractivity contribution in [1.82, 2.24) is 0 Å². The molecule has 3 heteroatoms. The molecule has 0 aromatic heterocycles. The lowest BCUT2D eigenvalue weighted by atomic mass is 9.98. The number of nitrogens with zero attached hydrogens (tertiary/aromatic N) is 1. The number of ketones is 1. The molecule has 3 aromatic rings. The van der Waals surface area contributed by atoms with Gasteiger partial charge in [0.25, 0.3) is 0 Å². The number of allylic oxidation sites excluding steroid dienone is 1. The Morgan fingerprint density at radius 3 is 2.58 bits per heavy atom. The van der Waals surface area contributed by atoms with Gasteiger partial charge in [0.15, 0.2) is 0 Å². The lowest BCUT2D eigenvalue weighted by molar-refractivity contribution is 0.103. The van der Waals surface area contributed by atoms with Crippen molar-refractivity contribution in [3.05, 3.63) is 83.4 Å². The molecule has 0 atom stereocenters. The highest BCUT2D eigenvalue weighted by atomic mass is 16.5. The second-order valence-corrected chi connectivity index (χ2v) is 5.30. The van der Waals surface area contributed by atoms with E-state index in [2.05, 4.69) is 0 Å². The van der Waals surface area contributed by atoms with E-state index >= 15 is 0 Å². The quantitative estimate of drug-likeness (QED) is 0.400. The van der Waals surface area contributed by atoms with Crippen LogP contribution in [0.5, 0.6) is 5.75 Å². The first-order valence-corrected chi connectivity index (χ1v) is 7.51. The maximum atomic E-state index is 12.6. The van der Waals surface area contributed by atoms with Crippen LogP contribution in [0.15, 0.2) is 72.3 Å². The van der Waals surface area contributed by atoms with Crippen molar-refractivity contribution in [2.24, 2.45) is 0 Å². The van der Waals surface area contributed by atoms with Gasteiger partial charge < -0.3 is 4.74 Å². The fraction of sp³-hybridized carbons (Fsp3) is 0.0476. The van der Waals surface area contributed by atoms with Gasteiger partial charge in [-0.25, -0.2) is 0 Å². The Hall–Kier alpha value is -3.38. The normalized spacial score (nSPS) is 11.1. The van der Waals surface area contributed by atoms with Crippen LogP contribution < -0.4 is 4.74 Å². The second-order valence-electron chi connectivity index (χ2n) is 5.30. The zero-order chi connectivity index (χ0) is 16.9. The standard InChI is InChI=1S/C21H15NO2/c1-24-19-10-5-9-17(13-19)21(23)18(14-22)12-16-8-4-7-15-6-2-3-11-20(15)16/h2-13H,1H3/b18-12+. The summed E-state index contributed by atoms with van der Waals surface area (Å²) in [5, 5.41) is 11.5. The van der Waals surface area contributed by atoms with Crippen LogP contribution in [0.2, 0.25) is 0 Å². The molecule has 3 nitrogen and oxygen atoms in total. The number of carbonyl (C=O) groups excluding carboxylic acids is 1. The van der Waals surface area contributed by atoms with Gasteiger partial charge in [0, 0.05) is 5.56 Å². The topological polar surface area (TPSA) is 50.1 Å². The van der Waals surface area contributed by atoms with Crippen LogP contribution in [-0.2, 0) is 0 Å². The lowest BCUT2D eigenvalue weighted by Crippen LogP contribution is -2.02. The van der Waals surface area contributed by atoms with E-state index < -0.39 is 0 Å². The van der Waals surface area contributed by atoms with E-state index in [-0.39, 0.29) is 11.4 Å². The molecule has 0 aliphatic heterocycles. The zero-order valence-electron chi connectivity index (χ0n) is 13.2. The number of benzene rings is 3. The molecule has 0 saturated heterocycles. The molecule has 0 unspecified atom stereocenters. The fourth-order valence-corrected chi connectivity index (χ4v) is 2.60. The number of hydrogen-bond donors (Lipinski definition) is 0. The van der Waals surface area contributed by atoms with E-state index in [1.807, 2.05) is 48.5 Å². The van der Waals surface area contributed by atoms with Crippen molar-refractivity contribution in [1.29, 1.82) is 5.26 Å². The third-order valence-electron chi connectivity index (χ3n) is 3.82. The van der Waals surface area contributed by atoms with Crippen LogP contribution in [0.1, 0.15) is 15.9 Å². The second kappa shape index (κ2) is 6.80. The summed E-state index contributed by atoms with van der Waals surface area (Å²) in [6, 6.07) is 22.5. The van der Waals surface area contributed by atoms with Crippen LogP contribution in [0.4, 0.5) is 0 Å². The third kappa shape index (κ3) is 3.04. The maximum Gasteiger partial charge on any atom is 0.203 e. The molecule has 116 valence electrons. The van der Waals surface area contributed by atoms with Gasteiger partial charge in [-0.3, -0.25) is 4.79 Å². The molecule has 0 bridgehead atoms. The van der Waals surface area contributed by atoms with Crippen LogP contribution in [0.3, 0.4) is 0 Å². The summed E-state index contributed by atoms with van der Waals surface area (Å²) in [5.41, 5.74) is 1.38. The number of rotatable bonds is 4. The number of methoxy groups -OCH3 is 1. The van der Waals surface area contributed by atoms with Crippen LogP contribution >= 0.6 is 0 Å². The van der Waals surface area contributed by atoms with E-state index in [1.165, 1.54) is 0 Å². The summed E-state index contributed by atoms with van der Waals surface area (Å²) < 4.78 is 5.14. The van der Waals surface area contributed by atoms with Crippen molar-refractivity contribution in [3.8, 4) is 11.8 Å². The highest BCUT2D eigenvalue weighted by molar-refractivity contribution is 6.15. The number of nitriles is 1. The molecule has 0 saturated carbocycles. The smallest absolute Gasteiger partial charge is 0.203 e. The first-order valence-electron chi connectivity index (χ1n) is 7.51. The summed E-state index contributed by atoms with van der Waals surface area (Å²) >= 11 is 0. The summed E-state index contributed by atoms with van der Waals surface area (Å²) in [7, 11) is 1.54. The third-order valence-corrected chi connectivity index (χ3v) is 3.82. The zero-order valence-corrected chi connectivity index (χ0v) is 13.2. The van der Waals surface area contributed by atoms with Gasteiger partial charge in [-0.15, -0.1) is 0 Å². The van der Waals surface area contributed by atoms with Crippen LogP contribution in [0, 0.1) is 11.3 Å². The summed E-state index contributed by atoms with van der Waals surface area (Å²) in [6.07, 6.45) is 1.64. The first kappa shape index (κ1) is 15.5. The van der Waals surface area contributed by atoms with E-state index in [0.29, 0.717) is 11.3 Å². The van der Waals surface area contributed by atoms with Gasteiger partial charge in [0.1, 0.15) is 17.4 Å². The molecule has 24 heavy (non-hydrogen) atoms. The lowest BCUT2D eigenvalue weighted by Gasteiger charge is -2.05. The largest absolute Gasteiger partial charge is 0.497 e. The van der Waals surface area contributed by atoms with Gasteiger partial charge in [0.2, 0.25) is 5.78 Å². The average Bonchev–Trinajstić information content (AvgIpc) is 2.65. The van der Waals surface area contributed by atoms with Gasteiger partial charge in [0.05, 0.1) is 7.11 Å². The molecule has 0 heterocycles. The van der Waals surface area contributed by atoms with Gasteiger partial charge in [-0.05, 0) is 34.5 Å². The van der Waals surface area contributed by atoms with Gasteiger partial charge in [-0.1, -0.05) is 54.6 Å². The van der Waals surface area contributed by atoms with Gasteiger partial charge in [-0.2, -0.15) is 5.26 Å². The van der Waals surface area contributed by atoms with Crippen molar-refractivity contribution < 1.29 is 9.53 Å². The molecule has 0 amide bonds. The number of carbonyl (C=O) groups is 1. The minimum absolute atomic E-state index is 0.0969. The monoisotopic (exact) mass is 313 g/mol. The van der Waals surface area contributed by atoms with Crippen molar-refractivity contribution in [3.63, 3.8) is 0 Å². The average molecular weight is 313 g/mol. The van der Waals surface area contributed by atoms with E-state index in [4.69, 9.17) is 4.74 Å². The predicted octanol–water partition coefficient (Wildman–Crippen LogP) is 4.64. The van der Waals surface area contributed by atoms with E-state index in [0.717, 1.165) is 16.3 Å². The molecular formula is C21H15NO2. The number of ether oxygens (including phenoxy) is 1. The highest BCUT2D eigenvalue weighted by Gasteiger charge is 2.13. The number of Topliss-reactive ketones (excluding diaryl/α,β-unsaturated/α-hetero) is 1. The molecule has 0 spiro atoms. The molecule has 0 aliphatic rings. The first-order chi connectivity index (χ1) is 11.7. The van der Waals surface area contributed by atoms with Crippen LogP contribution in [0.25, 0.3) is 16.8 Å². The minimum atomic E-state index is -0.315. The van der Waals surface area contributed by atoms with Crippen molar-refractivity contribution in [2.45, 2.75) is 0 Å². The maximum absolute atomic E-state index is 12.6. The Morgan fingerprint density at radius 2 is 1.79 bits per heavy atom. The Labute approximate surface area is 140 Å². The Balaban J connectivity index is 2.06. The molecular weight excluding hydrogens is 298 g/mol. The molecule has 3 aromatic carbocycles. The van der Waals surface area contributed by atoms with E-state index in [1.54, 1.807) is 37.5 Å². The predicted molar refractivity (Wildman–Crippen MR) is 94.9 cm³/mol. The molecule has 0 aliphatic carbocycles.